The Bertz CT molecular complexity index is 517. The fraction of sp³-hybridized carbons (Fsp3) is 0.647. The Hall–Kier alpha value is -1.42. The number of likely N-dealkylation sites (tertiary alicyclic amines) is 1. The molecule has 2 aliphatic rings. The summed E-state index contributed by atoms with van der Waals surface area (Å²) < 4.78 is 0. The largest absolute Gasteiger partial charge is 0.393 e. The van der Waals surface area contributed by atoms with Gasteiger partial charge >= 0.3 is 0 Å². The molecular formula is C17H24N2O2. The van der Waals surface area contributed by atoms with Crippen LogP contribution in [0, 0.1) is 12.8 Å². The summed E-state index contributed by atoms with van der Waals surface area (Å²) in [5, 5.41) is 10.3. The first-order valence-electron chi connectivity index (χ1n) is 8.07. The third-order valence-corrected chi connectivity index (χ3v) is 4.96. The number of hydrogen-bond donors (Lipinski definition) is 1. The fourth-order valence-corrected chi connectivity index (χ4v) is 3.92. The Morgan fingerprint density at radius 3 is 2.81 bits per heavy atom. The van der Waals surface area contributed by atoms with Crippen LogP contribution in [0.2, 0.25) is 0 Å². The minimum absolute atomic E-state index is 0.0754. The first-order chi connectivity index (χ1) is 10.2. The van der Waals surface area contributed by atoms with Crippen molar-refractivity contribution in [3.05, 3.63) is 29.6 Å². The van der Waals surface area contributed by atoms with Crippen LogP contribution >= 0.6 is 0 Å². The quantitative estimate of drug-likeness (QED) is 0.910. The molecule has 4 nitrogen and oxygen atoms in total. The van der Waals surface area contributed by atoms with Crippen LogP contribution in [0.15, 0.2) is 18.5 Å². The van der Waals surface area contributed by atoms with Gasteiger partial charge in [0.15, 0.2) is 0 Å². The van der Waals surface area contributed by atoms with Crippen molar-refractivity contribution >= 4 is 5.91 Å². The lowest BCUT2D eigenvalue weighted by Crippen LogP contribution is -2.45. The Kier molecular flexibility index (Phi) is 4.24. The molecule has 4 heteroatoms. The van der Waals surface area contributed by atoms with Crippen LogP contribution in [0.3, 0.4) is 0 Å². The van der Waals surface area contributed by atoms with E-state index >= 15 is 0 Å². The zero-order valence-electron chi connectivity index (χ0n) is 12.7. The maximum absolute atomic E-state index is 12.8. The lowest BCUT2D eigenvalue weighted by Gasteiger charge is -2.37. The molecule has 114 valence electrons. The van der Waals surface area contributed by atoms with Crippen LogP contribution in [0.1, 0.15) is 54.4 Å². The molecule has 1 amide bonds. The van der Waals surface area contributed by atoms with E-state index in [2.05, 4.69) is 4.98 Å². The number of pyridine rings is 1. The number of hydrogen-bond acceptors (Lipinski definition) is 3. The van der Waals surface area contributed by atoms with E-state index in [1.165, 1.54) is 6.42 Å². The molecular weight excluding hydrogens is 264 g/mol. The van der Waals surface area contributed by atoms with Gasteiger partial charge in [-0.25, -0.2) is 0 Å². The SMILES string of the molecule is Cc1cncc(C(=O)N2CCCC2C2CCCCC2O)c1. The zero-order valence-corrected chi connectivity index (χ0v) is 12.7. The van der Waals surface area contributed by atoms with Gasteiger partial charge in [-0.3, -0.25) is 9.78 Å². The van der Waals surface area contributed by atoms with E-state index in [-0.39, 0.29) is 24.0 Å². The van der Waals surface area contributed by atoms with E-state index in [1.54, 1.807) is 12.4 Å². The summed E-state index contributed by atoms with van der Waals surface area (Å²) in [5.41, 5.74) is 1.68. The van der Waals surface area contributed by atoms with Gasteiger partial charge in [-0.05, 0) is 44.2 Å². The summed E-state index contributed by atoms with van der Waals surface area (Å²) in [7, 11) is 0. The monoisotopic (exact) mass is 288 g/mol. The summed E-state index contributed by atoms with van der Waals surface area (Å²) >= 11 is 0. The summed E-state index contributed by atoms with van der Waals surface area (Å²) in [6, 6.07) is 2.11. The van der Waals surface area contributed by atoms with E-state index < -0.39 is 0 Å². The molecule has 1 aliphatic heterocycles. The van der Waals surface area contributed by atoms with E-state index in [0.29, 0.717) is 5.56 Å². The molecule has 0 bridgehead atoms. The van der Waals surface area contributed by atoms with Crippen LogP contribution in [0.5, 0.6) is 0 Å². The highest BCUT2D eigenvalue weighted by atomic mass is 16.3. The lowest BCUT2D eigenvalue weighted by molar-refractivity contribution is 0.0211. The number of aryl methyl sites for hydroxylation is 1. The van der Waals surface area contributed by atoms with E-state index in [0.717, 1.165) is 44.2 Å². The van der Waals surface area contributed by atoms with Gasteiger partial charge in [0.1, 0.15) is 0 Å². The predicted octanol–water partition coefficient (Wildman–Crippen LogP) is 2.55. The smallest absolute Gasteiger partial charge is 0.255 e. The number of carbonyl (C=O) groups excluding carboxylic acids is 1. The first-order valence-corrected chi connectivity index (χ1v) is 8.07. The molecule has 0 aromatic carbocycles. The summed E-state index contributed by atoms with van der Waals surface area (Å²) in [6.45, 7) is 2.76. The van der Waals surface area contributed by atoms with Gasteiger partial charge in [0.05, 0.1) is 11.7 Å². The minimum Gasteiger partial charge on any atom is -0.393 e. The number of aliphatic hydroxyl groups excluding tert-OH is 1. The van der Waals surface area contributed by atoms with Crippen LogP contribution < -0.4 is 0 Å². The van der Waals surface area contributed by atoms with Crippen molar-refractivity contribution in [2.24, 2.45) is 5.92 Å². The van der Waals surface area contributed by atoms with Crippen molar-refractivity contribution in [3.63, 3.8) is 0 Å². The second-order valence-electron chi connectivity index (χ2n) is 6.47. The molecule has 0 radical (unpaired) electrons. The van der Waals surface area contributed by atoms with Gasteiger partial charge in [0.25, 0.3) is 5.91 Å². The molecule has 1 N–H and O–H groups in total. The van der Waals surface area contributed by atoms with Gasteiger partial charge < -0.3 is 10.0 Å². The van der Waals surface area contributed by atoms with Crippen molar-refractivity contribution in [3.8, 4) is 0 Å². The molecule has 21 heavy (non-hydrogen) atoms. The van der Waals surface area contributed by atoms with Crippen molar-refractivity contribution in [2.45, 2.75) is 57.6 Å². The van der Waals surface area contributed by atoms with Gasteiger partial charge in [-0.1, -0.05) is 12.8 Å². The number of aliphatic hydroxyl groups is 1. The molecule has 1 aliphatic carbocycles. The fourth-order valence-electron chi connectivity index (χ4n) is 3.92. The number of rotatable bonds is 2. The van der Waals surface area contributed by atoms with Crippen molar-refractivity contribution in [1.29, 1.82) is 0 Å². The molecule has 3 atom stereocenters. The van der Waals surface area contributed by atoms with Gasteiger partial charge in [-0.2, -0.15) is 0 Å². The van der Waals surface area contributed by atoms with Crippen molar-refractivity contribution in [1.82, 2.24) is 9.88 Å². The summed E-state index contributed by atoms with van der Waals surface area (Å²) in [5.74, 6) is 0.328. The summed E-state index contributed by atoms with van der Waals surface area (Å²) in [6.07, 6.45) is 9.45. The second kappa shape index (κ2) is 6.14. The van der Waals surface area contributed by atoms with Crippen molar-refractivity contribution in [2.75, 3.05) is 6.54 Å². The highest BCUT2D eigenvalue weighted by Crippen LogP contribution is 2.35. The molecule has 1 aromatic rings. The van der Waals surface area contributed by atoms with Crippen LogP contribution in [0.25, 0.3) is 0 Å². The number of nitrogens with zero attached hydrogens (tertiary/aromatic N) is 2. The average molecular weight is 288 g/mol. The number of amides is 1. The van der Waals surface area contributed by atoms with Gasteiger partial charge in [0, 0.05) is 30.9 Å². The van der Waals surface area contributed by atoms with Gasteiger partial charge in [0.2, 0.25) is 0 Å². The Labute approximate surface area is 126 Å². The second-order valence-corrected chi connectivity index (χ2v) is 6.47. The molecule has 2 fully saturated rings. The molecule has 0 spiro atoms. The van der Waals surface area contributed by atoms with Gasteiger partial charge in [-0.15, -0.1) is 0 Å². The number of carbonyl (C=O) groups is 1. The minimum atomic E-state index is -0.243. The predicted molar refractivity (Wildman–Crippen MR) is 81.0 cm³/mol. The van der Waals surface area contributed by atoms with Crippen LogP contribution in [-0.4, -0.2) is 39.6 Å². The highest BCUT2D eigenvalue weighted by molar-refractivity contribution is 5.94. The van der Waals surface area contributed by atoms with Crippen LogP contribution in [-0.2, 0) is 0 Å². The van der Waals surface area contributed by atoms with E-state index in [4.69, 9.17) is 0 Å². The maximum Gasteiger partial charge on any atom is 0.255 e. The van der Waals surface area contributed by atoms with Crippen molar-refractivity contribution < 1.29 is 9.90 Å². The number of aromatic nitrogens is 1. The first kappa shape index (κ1) is 14.5. The van der Waals surface area contributed by atoms with E-state index in [1.807, 2.05) is 17.9 Å². The average Bonchev–Trinajstić information content (AvgIpc) is 2.96. The molecule has 3 unspecified atom stereocenters. The molecule has 2 heterocycles. The summed E-state index contributed by atoms with van der Waals surface area (Å²) in [4.78, 5) is 18.9. The topological polar surface area (TPSA) is 53.4 Å². The molecule has 3 rings (SSSR count). The Morgan fingerprint density at radius 2 is 2.05 bits per heavy atom. The molecule has 1 saturated heterocycles. The molecule has 1 aromatic heterocycles. The Balaban J connectivity index is 1.78. The lowest BCUT2D eigenvalue weighted by atomic mass is 9.80. The Morgan fingerprint density at radius 1 is 1.24 bits per heavy atom. The zero-order chi connectivity index (χ0) is 14.8. The normalized spacial score (nSPS) is 29.6. The standard InChI is InChI=1S/C17H24N2O2/c1-12-9-13(11-18-10-12)17(21)19-8-4-6-15(19)14-5-2-3-7-16(14)20/h9-11,14-16,20H,2-8H2,1H3. The molecule has 1 saturated carbocycles. The third kappa shape index (κ3) is 2.95. The van der Waals surface area contributed by atoms with E-state index in [9.17, 15) is 9.90 Å². The highest BCUT2D eigenvalue weighted by Gasteiger charge is 2.39. The van der Waals surface area contributed by atoms with Crippen LogP contribution in [0.4, 0.5) is 0 Å². The maximum atomic E-state index is 12.8. The third-order valence-electron chi connectivity index (χ3n) is 4.96.